The number of benzene rings is 1. The van der Waals surface area contributed by atoms with Crippen LogP contribution in [0.25, 0.3) is 21.3 Å². The number of likely N-dealkylation sites (N-methyl/N-ethyl adjacent to an activating group) is 1. The van der Waals surface area contributed by atoms with Crippen LogP contribution in [-0.2, 0) is 6.42 Å². The number of rotatable bonds is 6. The number of hydrogen-bond donors (Lipinski definition) is 0. The lowest BCUT2D eigenvalue weighted by atomic mass is 10.0. The molecule has 4 nitrogen and oxygen atoms in total. The monoisotopic (exact) mass is 422 g/mol. The summed E-state index contributed by atoms with van der Waals surface area (Å²) in [4.78, 5) is 17.8. The van der Waals surface area contributed by atoms with Crippen LogP contribution < -0.4 is 4.90 Å². The van der Waals surface area contributed by atoms with Gasteiger partial charge < -0.3 is 4.90 Å². The minimum atomic E-state index is 0.298. The molecular formula is C23H23ClN4S. The van der Waals surface area contributed by atoms with E-state index in [4.69, 9.17) is 11.6 Å². The SMILES string of the molecule is CCN(CCc1ccncc1)c1nc(Cl)nc2sc(C)c(-c3ccc(C)cc3)c12. The Morgan fingerprint density at radius 3 is 2.41 bits per heavy atom. The fraction of sp³-hybridized carbons (Fsp3) is 0.261. The lowest BCUT2D eigenvalue weighted by Crippen LogP contribution is -2.26. The first-order chi connectivity index (χ1) is 14.1. The van der Waals surface area contributed by atoms with Gasteiger partial charge in [-0.25, -0.2) is 4.98 Å². The molecule has 0 spiro atoms. The molecule has 29 heavy (non-hydrogen) atoms. The number of aryl methyl sites for hydroxylation is 2. The van der Waals surface area contributed by atoms with Crippen molar-refractivity contribution >= 4 is 39.0 Å². The maximum Gasteiger partial charge on any atom is 0.225 e. The van der Waals surface area contributed by atoms with Gasteiger partial charge in [-0.1, -0.05) is 29.8 Å². The van der Waals surface area contributed by atoms with Crippen LogP contribution in [0.5, 0.6) is 0 Å². The Kier molecular flexibility index (Phi) is 5.79. The van der Waals surface area contributed by atoms with Crippen molar-refractivity contribution in [1.82, 2.24) is 15.0 Å². The van der Waals surface area contributed by atoms with Crippen LogP contribution in [0.4, 0.5) is 5.82 Å². The normalized spacial score (nSPS) is 11.2. The molecule has 0 aliphatic heterocycles. The minimum absolute atomic E-state index is 0.298. The third kappa shape index (κ3) is 4.11. The number of fused-ring (bicyclic) bond motifs is 1. The molecule has 3 heterocycles. The summed E-state index contributed by atoms with van der Waals surface area (Å²) in [5.41, 5.74) is 4.91. The highest BCUT2D eigenvalue weighted by Gasteiger charge is 2.21. The van der Waals surface area contributed by atoms with E-state index < -0.39 is 0 Å². The van der Waals surface area contributed by atoms with Crippen LogP contribution in [0.15, 0.2) is 48.8 Å². The molecule has 3 aromatic heterocycles. The first-order valence-electron chi connectivity index (χ1n) is 9.74. The Balaban J connectivity index is 1.80. The molecule has 0 bridgehead atoms. The molecule has 0 radical (unpaired) electrons. The molecule has 0 fully saturated rings. The zero-order valence-electron chi connectivity index (χ0n) is 16.8. The van der Waals surface area contributed by atoms with Crippen LogP contribution in [0.3, 0.4) is 0 Å². The summed E-state index contributed by atoms with van der Waals surface area (Å²) in [6.07, 6.45) is 4.59. The minimum Gasteiger partial charge on any atom is -0.356 e. The van der Waals surface area contributed by atoms with Crippen molar-refractivity contribution in [2.45, 2.75) is 27.2 Å². The summed E-state index contributed by atoms with van der Waals surface area (Å²) in [6.45, 7) is 8.10. The van der Waals surface area contributed by atoms with Crippen molar-refractivity contribution in [3.63, 3.8) is 0 Å². The largest absolute Gasteiger partial charge is 0.356 e. The number of halogens is 1. The zero-order chi connectivity index (χ0) is 20.4. The van der Waals surface area contributed by atoms with Gasteiger partial charge in [0.25, 0.3) is 0 Å². The molecule has 6 heteroatoms. The van der Waals surface area contributed by atoms with Gasteiger partial charge in [-0.2, -0.15) is 4.98 Å². The fourth-order valence-electron chi connectivity index (χ4n) is 3.59. The Bertz CT molecular complexity index is 1120. The topological polar surface area (TPSA) is 41.9 Å². The number of aromatic nitrogens is 3. The lowest BCUT2D eigenvalue weighted by Gasteiger charge is -2.23. The lowest BCUT2D eigenvalue weighted by molar-refractivity contribution is 0.796. The molecule has 0 amide bonds. The highest BCUT2D eigenvalue weighted by Crippen LogP contribution is 2.42. The number of nitrogens with zero attached hydrogens (tertiary/aromatic N) is 4. The summed E-state index contributed by atoms with van der Waals surface area (Å²) >= 11 is 8.00. The van der Waals surface area contributed by atoms with Gasteiger partial charge >= 0.3 is 0 Å². The first-order valence-corrected chi connectivity index (χ1v) is 10.9. The van der Waals surface area contributed by atoms with Crippen molar-refractivity contribution in [3.05, 3.63) is 70.1 Å². The number of pyridine rings is 1. The van der Waals surface area contributed by atoms with E-state index in [9.17, 15) is 0 Å². The molecule has 1 aromatic carbocycles. The van der Waals surface area contributed by atoms with Gasteiger partial charge in [0.05, 0.1) is 5.39 Å². The molecule has 4 rings (SSSR count). The second kappa shape index (κ2) is 8.47. The van der Waals surface area contributed by atoms with Gasteiger partial charge in [-0.3, -0.25) is 4.98 Å². The maximum atomic E-state index is 6.32. The summed E-state index contributed by atoms with van der Waals surface area (Å²) in [5.74, 6) is 0.913. The van der Waals surface area contributed by atoms with Crippen LogP contribution >= 0.6 is 22.9 Å². The molecule has 0 aliphatic carbocycles. The Hall–Kier alpha value is -2.50. The standard InChI is InChI=1S/C23H23ClN4S/c1-4-28(14-11-17-9-12-25-13-10-17)21-20-19(18-7-5-15(2)6-8-18)16(3)29-22(20)27-23(24)26-21/h5-10,12-13H,4,11,14H2,1-3H3. The Morgan fingerprint density at radius 1 is 1.00 bits per heavy atom. The van der Waals surface area contributed by atoms with Crippen molar-refractivity contribution in [3.8, 4) is 11.1 Å². The van der Waals surface area contributed by atoms with Gasteiger partial charge in [0, 0.05) is 35.9 Å². The zero-order valence-corrected chi connectivity index (χ0v) is 18.4. The summed E-state index contributed by atoms with van der Waals surface area (Å²) < 4.78 is 0. The Labute approximate surface area is 180 Å². The Morgan fingerprint density at radius 2 is 1.72 bits per heavy atom. The van der Waals surface area contributed by atoms with Crippen molar-refractivity contribution < 1.29 is 0 Å². The van der Waals surface area contributed by atoms with E-state index in [1.807, 2.05) is 12.4 Å². The third-order valence-electron chi connectivity index (χ3n) is 5.12. The van der Waals surface area contributed by atoms with Crippen molar-refractivity contribution in [2.75, 3.05) is 18.0 Å². The summed E-state index contributed by atoms with van der Waals surface area (Å²) in [5, 5.41) is 1.39. The number of hydrogen-bond acceptors (Lipinski definition) is 5. The van der Waals surface area contributed by atoms with Crippen molar-refractivity contribution in [2.24, 2.45) is 0 Å². The van der Waals surface area contributed by atoms with Crippen LogP contribution in [0, 0.1) is 13.8 Å². The van der Waals surface area contributed by atoms with Crippen LogP contribution in [0.1, 0.15) is 22.9 Å². The van der Waals surface area contributed by atoms with Crippen LogP contribution in [0.2, 0.25) is 5.28 Å². The van der Waals surface area contributed by atoms with E-state index in [2.05, 4.69) is 77.0 Å². The van der Waals surface area contributed by atoms with Gasteiger partial charge in [0.2, 0.25) is 5.28 Å². The molecule has 4 aromatic rings. The molecule has 0 aliphatic rings. The van der Waals surface area contributed by atoms with E-state index >= 15 is 0 Å². The van der Waals surface area contributed by atoms with E-state index in [1.165, 1.54) is 27.1 Å². The molecular weight excluding hydrogens is 400 g/mol. The molecule has 0 N–H and O–H groups in total. The van der Waals surface area contributed by atoms with Crippen LogP contribution in [-0.4, -0.2) is 28.0 Å². The smallest absolute Gasteiger partial charge is 0.225 e. The van der Waals surface area contributed by atoms with Crippen molar-refractivity contribution in [1.29, 1.82) is 0 Å². The predicted molar refractivity (Wildman–Crippen MR) is 123 cm³/mol. The average molecular weight is 423 g/mol. The van der Waals surface area contributed by atoms with E-state index in [-0.39, 0.29) is 0 Å². The van der Waals surface area contributed by atoms with E-state index in [0.717, 1.165) is 35.5 Å². The first kappa shape index (κ1) is 19.8. The average Bonchev–Trinajstić information content (AvgIpc) is 3.05. The van der Waals surface area contributed by atoms with Gasteiger partial charge in [-0.05, 0) is 62.1 Å². The molecule has 0 saturated heterocycles. The van der Waals surface area contributed by atoms with Gasteiger partial charge in [-0.15, -0.1) is 11.3 Å². The second-order valence-electron chi connectivity index (χ2n) is 7.08. The van der Waals surface area contributed by atoms with Gasteiger partial charge in [0.1, 0.15) is 10.6 Å². The number of anilines is 1. The fourth-order valence-corrected chi connectivity index (χ4v) is 4.85. The quantitative estimate of drug-likeness (QED) is 0.352. The van der Waals surface area contributed by atoms with E-state index in [1.54, 1.807) is 11.3 Å². The highest BCUT2D eigenvalue weighted by molar-refractivity contribution is 7.19. The van der Waals surface area contributed by atoms with Gasteiger partial charge in [0.15, 0.2) is 0 Å². The number of thiophene rings is 1. The maximum absolute atomic E-state index is 6.32. The second-order valence-corrected chi connectivity index (χ2v) is 8.62. The predicted octanol–water partition coefficient (Wildman–Crippen LogP) is 6.09. The highest BCUT2D eigenvalue weighted by atomic mass is 35.5. The molecule has 0 saturated carbocycles. The molecule has 0 atom stereocenters. The van der Waals surface area contributed by atoms with E-state index in [0.29, 0.717) is 5.28 Å². The molecule has 148 valence electrons. The third-order valence-corrected chi connectivity index (χ3v) is 6.29. The molecule has 0 unspecified atom stereocenters. The summed E-state index contributed by atoms with van der Waals surface area (Å²) in [7, 11) is 0. The summed E-state index contributed by atoms with van der Waals surface area (Å²) in [6, 6.07) is 12.8.